The Kier molecular flexibility index (Phi) is 4.92. The lowest BCUT2D eigenvalue weighted by Gasteiger charge is -2.08. The molecule has 0 fully saturated rings. The third kappa shape index (κ3) is 3.81. The zero-order chi connectivity index (χ0) is 15.2. The molecule has 0 radical (unpaired) electrons. The molecule has 2 aromatic rings. The van der Waals surface area contributed by atoms with E-state index >= 15 is 0 Å². The highest BCUT2D eigenvalue weighted by Crippen LogP contribution is 2.17. The highest BCUT2D eigenvalue weighted by atomic mass is 19.1. The molecule has 1 heterocycles. The van der Waals surface area contributed by atoms with Crippen LogP contribution in [0.1, 0.15) is 29.3 Å². The van der Waals surface area contributed by atoms with Crippen LogP contribution in [-0.4, -0.2) is 22.9 Å². The Morgan fingerprint density at radius 3 is 3.00 bits per heavy atom. The van der Waals surface area contributed by atoms with Crippen LogP contribution in [0.4, 0.5) is 10.1 Å². The SMILES string of the molecule is CCCn1cc(CNc2cc(C(=O)OC)ccc2F)cn1. The zero-order valence-corrected chi connectivity index (χ0v) is 12.1. The lowest BCUT2D eigenvalue weighted by molar-refractivity contribution is 0.0600. The van der Waals surface area contributed by atoms with Gasteiger partial charge >= 0.3 is 5.97 Å². The Bertz CT molecular complexity index is 625. The van der Waals surface area contributed by atoms with Gasteiger partial charge in [0.2, 0.25) is 0 Å². The number of esters is 1. The second-order valence-electron chi connectivity index (χ2n) is 4.65. The summed E-state index contributed by atoms with van der Waals surface area (Å²) in [7, 11) is 1.29. The summed E-state index contributed by atoms with van der Waals surface area (Å²) >= 11 is 0. The van der Waals surface area contributed by atoms with Gasteiger partial charge in [0.25, 0.3) is 0 Å². The van der Waals surface area contributed by atoms with E-state index in [1.54, 1.807) is 6.20 Å². The normalized spacial score (nSPS) is 10.4. The van der Waals surface area contributed by atoms with E-state index in [-0.39, 0.29) is 5.69 Å². The van der Waals surface area contributed by atoms with Crippen molar-refractivity contribution >= 4 is 11.7 Å². The number of benzene rings is 1. The first-order chi connectivity index (χ1) is 10.1. The van der Waals surface area contributed by atoms with Crippen molar-refractivity contribution in [2.75, 3.05) is 12.4 Å². The molecule has 0 saturated carbocycles. The number of methoxy groups -OCH3 is 1. The maximum Gasteiger partial charge on any atom is 0.337 e. The Hall–Kier alpha value is -2.37. The van der Waals surface area contributed by atoms with Gasteiger partial charge in [-0.1, -0.05) is 6.92 Å². The molecule has 1 aromatic heterocycles. The summed E-state index contributed by atoms with van der Waals surface area (Å²) in [5.74, 6) is -0.905. The molecule has 0 unspecified atom stereocenters. The van der Waals surface area contributed by atoms with Gasteiger partial charge in [0.05, 0.1) is 24.6 Å². The summed E-state index contributed by atoms with van der Waals surface area (Å²) in [6.45, 7) is 3.37. The van der Waals surface area contributed by atoms with Crippen molar-refractivity contribution in [2.24, 2.45) is 0 Å². The number of rotatable bonds is 6. The number of aryl methyl sites for hydroxylation is 1. The van der Waals surface area contributed by atoms with E-state index in [0.717, 1.165) is 18.5 Å². The lowest BCUT2D eigenvalue weighted by Crippen LogP contribution is -2.05. The first-order valence-corrected chi connectivity index (χ1v) is 6.77. The lowest BCUT2D eigenvalue weighted by atomic mass is 10.2. The molecule has 1 N–H and O–H groups in total. The summed E-state index contributed by atoms with van der Waals surface area (Å²) in [5.41, 5.74) is 1.52. The van der Waals surface area contributed by atoms with Gasteiger partial charge in [-0.25, -0.2) is 9.18 Å². The molecular formula is C15H18FN3O2. The first kappa shape index (κ1) is 15.0. The van der Waals surface area contributed by atoms with Gasteiger partial charge in [-0.2, -0.15) is 5.10 Å². The number of carbonyl (C=O) groups excluding carboxylic acids is 1. The number of carbonyl (C=O) groups is 1. The molecule has 0 atom stereocenters. The third-order valence-corrected chi connectivity index (χ3v) is 3.01. The van der Waals surface area contributed by atoms with Gasteiger partial charge in [-0.15, -0.1) is 0 Å². The van der Waals surface area contributed by atoms with Gasteiger partial charge in [0, 0.05) is 24.8 Å². The quantitative estimate of drug-likeness (QED) is 0.831. The predicted octanol–water partition coefficient (Wildman–Crippen LogP) is 2.83. The van der Waals surface area contributed by atoms with Crippen LogP contribution < -0.4 is 5.32 Å². The van der Waals surface area contributed by atoms with Crippen molar-refractivity contribution in [2.45, 2.75) is 26.4 Å². The van der Waals surface area contributed by atoms with Crippen molar-refractivity contribution in [1.29, 1.82) is 0 Å². The van der Waals surface area contributed by atoms with Crippen LogP contribution in [0.2, 0.25) is 0 Å². The van der Waals surface area contributed by atoms with Crippen LogP contribution >= 0.6 is 0 Å². The molecule has 21 heavy (non-hydrogen) atoms. The number of nitrogens with one attached hydrogen (secondary N) is 1. The van der Waals surface area contributed by atoms with Gasteiger partial charge in [0.15, 0.2) is 0 Å². The molecule has 0 amide bonds. The largest absolute Gasteiger partial charge is 0.465 e. The van der Waals surface area contributed by atoms with E-state index in [0.29, 0.717) is 12.1 Å². The van der Waals surface area contributed by atoms with Gasteiger partial charge in [0.1, 0.15) is 5.82 Å². The predicted molar refractivity (Wildman–Crippen MR) is 77.6 cm³/mol. The van der Waals surface area contributed by atoms with E-state index in [9.17, 15) is 9.18 Å². The van der Waals surface area contributed by atoms with Crippen LogP contribution in [0, 0.1) is 5.82 Å². The number of ether oxygens (including phenoxy) is 1. The average molecular weight is 291 g/mol. The molecular weight excluding hydrogens is 273 g/mol. The average Bonchev–Trinajstić information content (AvgIpc) is 2.93. The number of hydrogen-bond donors (Lipinski definition) is 1. The number of nitrogens with zero attached hydrogens (tertiary/aromatic N) is 2. The molecule has 0 spiro atoms. The van der Waals surface area contributed by atoms with E-state index in [4.69, 9.17) is 0 Å². The molecule has 112 valence electrons. The highest BCUT2D eigenvalue weighted by Gasteiger charge is 2.10. The molecule has 0 aliphatic heterocycles. The van der Waals surface area contributed by atoms with Crippen molar-refractivity contribution in [1.82, 2.24) is 9.78 Å². The third-order valence-electron chi connectivity index (χ3n) is 3.01. The minimum absolute atomic E-state index is 0.265. The van der Waals surface area contributed by atoms with E-state index in [1.807, 2.05) is 10.9 Å². The molecule has 0 aliphatic carbocycles. The van der Waals surface area contributed by atoms with Gasteiger partial charge in [-0.3, -0.25) is 4.68 Å². The van der Waals surface area contributed by atoms with Crippen molar-refractivity contribution in [3.8, 4) is 0 Å². The van der Waals surface area contributed by atoms with Crippen LogP contribution in [0.25, 0.3) is 0 Å². The molecule has 0 saturated heterocycles. The van der Waals surface area contributed by atoms with Gasteiger partial charge in [-0.05, 0) is 24.6 Å². The summed E-state index contributed by atoms with van der Waals surface area (Å²) in [5, 5.41) is 7.18. The zero-order valence-electron chi connectivity index (χ0n) is 12.1. The monoisotopic (exact) mass is 291 g/mol. The Balaban J connectivity index is 2.06. The van der Waals surface area contributed by atoms with Crippen LogP contribution in [0.15, 0.2) is 30.6 Å². The van der Waals surface area contributed by atoms with Crippen LogP contribution in [0.3, 0.4) is 0 Å². The maximum absolute atomic E-state index is 13.7. The Morgan fingerprint density at radius 2 is 2.29 bits per heavy atom. The number of hydrogen-bond acceptors (Lipinski definition) is 4. The molecule has 0 aliphatic rings. The van der Waals surface area contributed by atoms with Crippen molar-refractivity contribution in [3.05, 3.63) is 47.5 Å². The number of anilines is 1. The second-order valence-corrected chi connectivity index (χ2v) is 4.65. The molecule has 0 bridgehead atoms. The fourth-order valence-electron chi connectivity index (χ4n) is 1.95. The number of halogens is 1. The Labute approximate surface area is 122 Å². The molecule has 5 nitrogen and oxygen atoms in total. The van der Waals surface area contributed by atoms with E-state index < -0.39 is 11.8 Å². The van der Waals surface area contributed by atoms with Crippen molar-refractivity contribution in [3.63, 3.8) is 0 Å². The maximum atomic E-state index is 13.7. The summed E-state index contributed by atoms with van der Waals surface area (Å²) in [6.07, 6.45) is 4.66. The fourth-order valence-corrected chi connectivity index (χ4v) is 1.95. The summed E-state index contributed by atoms with van der Waals surface area (Å²) in [6, 6.07) is 4.08. The second kappa shape index (κ2) is 6.88. The fraction of sp³-hybridized carbons (Fsp3) is 0.333. The molecule has 1 aromatic carbocycles. The minimum atomic E-state index is -0.492. The minimum Gasteiger partial charge on any atom is -0.465 e. The van der Waals surface area contributed by atoms with Crippen LogP contribution in [0.5, 0.6) is 0 Å². The standard InChI is InChI=1S/C15H18FN3O2/c1-3-6-19-10-11(9-18-19)8-17-14-7-12(15(20)21-2)4-5-13(14)16/h4-5,7,9-10,17H,3,6,8H2,1-2H3. The Morgan fingerprint density at radius 1 is 1.48 bits per heavy atom. The van der Waals surface area contributed by atoms with Crippen molar-refractivity contribution < 1.29 is 13.9 Å². The van der Waals surface area contributed by atoms with E-state index in [2.05, 4.69) is 22.1 Å². The topological polar surface area (TPSA) is 56.2 Å². The number of aromatic nitrogens is 2. The highest BCUT2D eigenvalue weighted by molar-refractivity contribution is 5.90. The molecule has 6 heteroatoms. The van der Waals surface area contributed by atoms with E-state index in [1.165, 1.54) is 25.3 Å². The first-order valence-electron chi connectivity index (χ1n) is 6.77. The van der Waals surface area contributed by atoms with Crippen LogP contribution in [-0.2, 0) is 17.8 Å². The summed E-state index contributed by atoms with van der Waals surface area (Å²) in [4.78, 5) is 11.4. The summed E-state index contributed by atoms with van der Waals surface area (Å²) < 4.78 is 20.2. The molecule has 2 rings (SSSR count). The van der Waals surface area contributed by atoms with Gasteiger partial charge < -0.3 is 10.1 Å². The smallest absolute Gasteiger partial charge is 0.337 e.